The molecule has 0 radical (unpaired) electrons. The van der Waals surface area contributed by atoms with Crippen LogP contribution in [0.15, 0.2) is 0 Å². The molecule has 1 heterocycles. The average Bonchev–Trinajstić information content (AvgIpc) is 2.19. The van der Waals surface area contributed by atoms with Crippen LogP contribution in [-0.2, 0) is 9.47 Å². The highest BCUT2D eigenvalue weighted by molar-refractivity contribution is 7.80. The largest absolute Gasteiger partial charge is 0.383 e. The molecule has 1 atom stereocenters. The average molecular weight is 218 g/mol. The molecule has 1 fully saturated rings. The predicted octanol–water partition coefficient (Wildman–Crippen LogP) is 0.228. The number of methoxy groups -OCH3 is 1. The monoisotopic (exact) mass is 218 g/mol. The first-order valence-corrected chi connectivity index (χ1v) is 5.27. The Balaban J connectivity index is 2.25. The third-order valence-electron chi connectivity index (χ3n) is 2.08. The van der Waals surface area contributed by atoms with Gasteiger partial charge in [-0.3, -0.25) is 0 Å². The van der Waals surface area contributed by atoms with Gasteiger partial charge in [0, 0.05) is 26.2 Å². The lowest BCUT2D eigenvalue weighted by Crippen LogP contribution is -2.49. The summed E-state index contributed by atoms with van der Waals surface area (Å²) in [6, 6.07) is 0.260. The summed E-state index contributed by atoms with van der Waals surface area (Å²) in [6.07, 6.45) is 0. The van der Waals surface area contributed by atoms with Gasteiger partial charge in [-0.2, -0.15) is 0 Å². The lowest BCUT2D eigenvalue weighted by atomic mass is 10.3. The highest BCUT2D eigenvalue weighted by Gasteiger charge is 2.14. The third kappa shape index (κ3) is 3.77. The van der Waals surface area contributed by atoms with Crippen LogP contribution < -0.4 is 5.32 Å². The highest BCUT2D eigenvalue weighted by atomic mass is 32.1. The van der Waals surface area contributed by atoms with Gasteiger partial charge < -0.3 is 19.7 Å². The minimum Gasteiger partial charge on any atom is -0.383 e. The van der Waals surface area contributed by atoms with Crippen molar-refractivity contribution < 1.29 is 9.47 Å². The van der Waals surface area contributed by atoms with E-state index in [1.807, 2.05) is 0 Å². The lowest BCUT2D eigenvalue weighted by Gasteiger charge is -2.30. The van der Waals surface area contributed by atoms with Gasteiger partial charge in [-0.15, -0.1) is 0 Å². The smallest absolute Gasteiger partial charge is 0.169 e. The summed E-state index contributed by atoms with van der Waals surface area (Å²) >= 11 is 5.27. The fraction of sp³-hybridized carbons (Fsp3) is 0.889. The molecule has 82 valence electrons. The van der Waals surface area contributed by atoms with Crippen LogP contribution >= 0.6 is 12.2 Å². The summed E-state index contributed by atoms with van der Waals surface area (Å²) in [4.78, 5) is 2.13. The van der Waals surface area contributed by atoms with E-state index in [9.17, 15) is 0 Å². The number of rotatable bonds is 3. The molecule has 0 amide bonds. The van der Waals surface area contributed by atoms with Crippen molar-refractivity contribution in [3.63, 3.8) is 0 Å². The van der Waals surface area contributed by atoms with Gasteiger partial charge in [0.15, 0.2) is 5.11 Å². The molecule has 5 heteroatoms. The lowest BCUT2D eigenvalue weighted by molar-refractivity contribution is 0.0669. The van der Waals surface area contributed by atoms with Gasteiger partial charge in [0.05, 0.1) is 19.8 Å². The molecule has 1 N–H and O–H groups in total. The van der Waals surface area contributed by atoms with Gasteiger partial charge in [0.1, 0.15) is 0 Å². The molecule has 0 spiro atoms. The zero-order valence-electron chi connectivity index (χ0n) is 8.78. The van der Waals surface area contributed by atoms with Crippen LogP contribution in [-0.4, -0.2) is 56.1 Å². The molecule has 1 unspecified atom stereocenters. The Morgan fingerprint density at radius 1 is 1.57 bits per heavy atom. The van der Waals surface area contributed by atoms with Crippen LogP contribution in [0.2, 0.25) is 0 Å². The first-order chi connectivity index (χ1) is 6.74. The van der Waals surface area contributed by atoms with Crippen molar-refractivity contribution in [3.8, 4) is 0 Å². The number of nitrogens with zero attached hydrogens (tertiary/aromatic N) is 1. The molecule has 14 heavy (non-hydrogen) atoms. The van der Waals surface area contributed by atoms with Gasteiger partial charge in [-0.05, 0) is 19.1 Å². The Labute approximate surface area is 90.5 Å². The fourth-order valence-corrected chi connectivity index (χ4v) is 1.74. The van der Waals surface area contributed by atoms with E-state index in [-0.39, 0.29) is 6.04 Å². The molecular weight excluding hydrogens is 200 g/mol. The van der Waals surface area contributed by atoms with Crippen LogP contribution in [0.5, 0.6) is 0 Å². The van der Waals surface area contributed by atoms with Crippen LogP contribution in [0.3, 0.4) is 0 Å². The summed E-state index contributed by atoms with van der Waals surface area (Å²) in [5.41, 5.74) is 0. The Kier molecular flexibility index (Phi) is 5.14. The maximum absolute atomic E-state index is 5.27. The molecule has 1 aliphatic heterocycles. The van der Waals surface area contributed by atoms with E-state index in [1.165, 1.54) is 0 Å². The first-order valence-electron chi connectivity index (χ1n) is 4.86. The van der Waals surface area contributed by atoms with Crippen molar-refractivity contribution in [2.45, 2.75) is 13.0 Å². The third-order valence-corrected chi connectivity index (χ3v) is 2.46. The van der Waals surface area contributed by atoms with Crippen LogP contribution in [0.25, 0.3) is 0 Å². The van der Waals surface area contributed by atoms with E-state index >= 15 is 0 Å². The quantitative estimate of drug-likeness (QED) is 0.686. The SMILES string of the molecule is COCC(C)NC(=S)N1CCOCC1. The minimum absolute atomic E-state index is 0.260. The number of hydrogen-bond acceptors (Lipinski definition) is 3. The molecule has 0 aromatic heterocycles. The number of ether oxygens (including phenoxy) is 2. The van der Waals surface area contributed by atoms with E-state index in [4.69, 9.17) is 21.7 Å². The summed E-state index contributed by atoms with van der Waals surface area (Å²) < 4.78 is 10.3. The normalized spacial score (nSPS) is 19.1. The topological polar surface area (TPSA) is 33.7 Å². The summed E-state index contributed by atoms with van der Waals surface area (Å²) in [6.45, 7) is 6.01. The standard InChI is InChI=1S/C9H18N2O2S/c1-8(7-12-2)10-9(14)11-3-5-13-6-4-11/h8H,3-7H2,1-2H3,(H,10,14). The highest BCUT2D eigenvalue weighted by Crippen LogP contribution is 1.98. The van der Waals surface area contributed by atoms with Gasteiger partial charge in [0.2, 0.25) is 0 Å². The van der Waals surface area contributed by atoms with Crippen molar-refractivity contribution >= 4 is 17.3 Å². The summed E-state index contributed by atoms with van der Waals surface area (Å²) in [5, 5.41) is 4.03. The second-order valence-corrected chi connectivity index (χ2v) is 3.79. The van der Waals surface area contributed by atoms with Crippen LogP contribution in [0.4, 0.5) is 0 Å². The van der Waals surface area contributed by atoms with E-state index in [2.05, 4.69) is 17.1 Å². The molecule has 0 bridgehead atoms. The summed E-state index contributed by atoms with van der Waals surface area (Å²) in [7, 11) is 1.69. The van der Waals surface area contributed by atoms with Crippen molar-refractivity contribution in [1.29, 1.82) is 0 Å². The Hall–Kier alpha value is -0.390. The van der Waals surface area contributed by atoms with E-state index in [0.29, 0.717) is 6.61 Å². The van der Waals surface area contributed by atoms with Gasteiger partial charge >= 0.3 is 0 Å². The van der Waals surface area contributed by atoms with Gasteiger partial charge in [-0.25, -0.2) is 0 Å². The van der Waals surface area contributed by atoms with E-state index in [0.717, 1.165) is 31.4 Å². The molecule has 1 aliphatic rings. The van der Waals surface area contributed by atoms with Crippen molar-refractivity contribution in [1.82, 2.24) is 10.2 Å². The number of morpholine rings is 1. The molecule has 1 rings (SSSR count). The Morgan fingerprint density at radius 2 is 2.21 bits per heavy atom. The Morgan fingerprint density at radius 3 is 2.79 bits per heavy atom. The second-order valence-electron chi connectivity index (χ2n) is 3.41. The zero-order chi connectivity index (χ0) is 10.4. The molecule has 0 aromatic rings. The van der Waals surface area contributed by atoms with Crippen molar-refractivity contribution in [3.05, 3.63) is 0 Å². The van der Waals surface area contributed by atoms with Crippen molar-refractivity contribution in [2.24, 2.45) is 0 Å². The van der Waals surface area contributed by atoms with Crippen LogP contribution in [0, 0.1) is 0 Å². The molecule has 0 aromatic carbocycles. The fourth-order valence-electron chi connectivity index (χ4n) is 1.36. The predicted molar refractivity (Wildman–Crippen MR) is 59.5 cm³/mol. The molecule has 4 nitrogen and oxygen atoms in total. The van der Waals surface area contributed by atoms with E-state index < -0.39 is 0 Å². The molecule has 0 aliphatic carbocycles. The zero-order valence-corrected chi connectivity index (χ0v) is 9.60. The van der Waals surface area contributed by atoms with Gasteiger partial charge in [-0.1, -0.05) is 0 Å². The number of hydrogen-bond donors (Lipinski definition) is 1. The molecule has 1 saturated heterocycles. The maximum Gasteiger partial charge on any atom is 0.169 e. The molecular formula is C9H18N2O2S. The second kappa shape index (κ2) is 6.16. The molecule has 0 saturated carbocycles. The van der Waals surface area contributed by atoms with Crippen LogP contribution in [0.1, 0.15) is 6.92 Å². The Bertz CT molecular complexity index is 184. The first kappa shape index (κ1) is 11.7. The number of thiocarbonyl (C=S) groups is 1. The maximum atomic E-state index is 5.27. The summed E-state index contributed by atoms with van der Waals surface area (Å²) in [5.74, 6) is 0. The van der Waals surface area contributed by atoms with Gasteiger partial charge in [0.25, 0.3) is 0 Å². The van der Waals surface area contributed by atoms with Crippen molar-refractivity contribution in [2.75, 3.05) is 40.0 Å². The minimum atomic E-state index is 0.260. The number of nitrogens with one attached hydrogen (secondary N) is 1. The van der Waals surface area contributed by atoms with E-state index in [1.54, 1.807) is 7.11 Å².